The number of ether oxygens (including phenoxy) is 1. The van der Waals surface area contributed by atoms with E-state index in [4.69, 9.17) is 4.74 Å². The average Bonchev–Trinajstić information content (AvgIpc) is 2.29. The Labute approximate surface area is 125 Å². The molecule has 5 heteroatoms. The van der Waals surface area contributed by atoms with Crippen LogP contribution in [0.1, 0.15) is 33.6 Å². The summed E-state index contributed by atoms with van der Waals surface area (Å²) < 4.78 is 5.39. The molecule has 21 heavy (non-hydrogen) atoms. The molecule has 1 aromatic heterocycles. The summed E-state index contributed by atoms with van der Waals surface area (Å²) in [4.78, 5) is 18.0. The lowest BCUT2D eigenvalue weighted by Crippen LogP contribution is -2.66. The maximum Gasteiger partial charge on any atom is 0.410 e. The van der Waals surface area contributed by atoms with Crippen LogP contribution in [-0.4, -0.2) is 40.7 Å². The zero-order valence-corrected chi connectivity index (χ0v) is 12.9. The first-order valence-electron chi connectivity index (χ1n) is 7.51. The van der Waals surface area contributed by atoms with Crippen LogP contribution in [-0.2, 0) is 4.74 Å². The molecule has 1 N–H and O–H groups in total. The molecule has 1 amide bonds. The highest BCUT2D eigenvalue weighted by molar-refractivity contribution is 5.69. The van der Waals surface area contributed by atoms with E-state index in [9.17, 15) is 4.79 Å². The minimum absolute atomic E-state index is 0.186. The van der Waals surface area contributed by atoms with Gasteiger partial charge in [-0.3, -0.25) is 0 Å². The van der Waals surface area contributed by atoms with Crippen molar-refractivity contribution in [1.82, 2.24) is 9.88 Å². The fourth-order valence-electron chi connectivity index (χ4n) is 3.22. The highest BCUT2D eigenvalue weighted by atomic mass is 16.6. The molecule has 1 saturated carbocycles. The smallest absolute Gasteiger partial charge is 0.410 e. The van der Waals surface area contributed by atoms with Gasteiger partial charge in [-0.15, -0.1) is 0 Å². The SMILES string of the molecule is CC(C)(C)OC(=O)N1CC2(CC(Nc3ccccn3)C2)C1. The average molecular weight is 289 g/mol. The van der Waals surface area contributed by atoms with Gasteiger partial charge in [-0.2, -0.15) is 0 Å². The van der Waals surface area contributed by atoms with E-state index in [2.05, 4.69) is 10.3 Å². The first-order valence-corrected chi connectivity index (χ1v) is 7.51. The standard InChI is InChI=1S/C16H23N3O2/c1-15(2,3)21-14(20)19-10-16(11-19)8-12(9-16)18-13-6-4-5-7-17-13/h4-7,12H,8-11H2,1-3H3,(H,17,18). The fourth-order valence-corrected chi connectivity index (χ4v) is 3.22. The van der Waals surface area contributed by atoms with E-state index >= 15 is 0 Å². The van der Waals surface area contributed by atoms with E-state index in [1.165, 1.54) is 0 Å². The summed E-state index contributed by atoms with van der Waals surface area (Å²) in [5.74, 6) is 0.931. The van der Waals surface area contributed by atoms with Gasteiger partial charge >= 0.3 is 6.09 Å². The number of carbonyl (C=O) groups excluding carboxylic acids is 1. The van der Waals surface area contributed by atoms with Crippen molar-refractivity contribution in [2.75, 3.05) is 18.4 Å². The van der Waals surface area contributed by atoms with Gasteiger partial charge in [0, 0.05) is 30.7 Å². The van der Waals surface area contributed by atoms with E-state index in [1.54, 1.807) is 6.20 Å². The number of pyridine rings is 1. The van der Waals surface area contributed by atoms with E-state index in [1.807, 2.05) is 43.9 Å². The van der Waals surface area contributed by atoms with Crippen molar-refractivity contribution in [1.29, 1.82) is 0 Å². The second-order valence-corrected chi connectivity index (χ2v) is 7.30. The minimum Gasteiger partial charge on any atom is -0.444 e. The van der Waals surface area contributed by atoms with Gasteiger partial charge in [-0.1, -0.05) is 6.07 Å². The Morgan fingerprint density at radius 2 is 2.10 bits per heavy atom. The van der Waals surface area contributed by atoms with Gasteiger partial charge in [0.2, 0.25) is 0 Å². The van der Waals surface area contributed by atoms with Crippen LogP contribution in [0.5, 0.6) is 0 Å². The third kappa shape index (κ3) is 3.12. The molecule has 114 valence electrons. The van der Waals surface area contributed by atoms with E-state index < -0.39 is 5.60 Å². The van der Waals surface area contributed by atoms with Crippen LogP contribution in [0.15, 0.2) is 24.4 Å². The van der Waals surface area contributed by atoms with Crippen LogP contribution in [0, 0.1) is 5.41 Å². The number of nitrogens with zero attached hydrogens (tertiary/aromatic N) is 2. The van der Waals surface area contributed by atoms with Crippen LogP contribution in [0.25, 0.3) is 0 Å². The largest absolute Gasteiger partial charge is 0.444 e. The number of carbonyl (C=O) groups is 1. The Bertz CT molecular complexity index is 510. The van der Waals surface area contributed by atoms with Crippen LogP contribution >= 0.6 is 0 Å². The topological polar surface area (TPSA) is 54.5 Å². The number of hydrogen-bond acceptors (Lipinski definition) is 4. The molecule has 5 nitrogen and oxygen atoms in total. The lowest BCUT2D eigenvalue weighted by molar-refractivity contribution is -0.0739. The van der Waals surface area contributed by atoms with Gasteiger partial charge in [-0.25, -0.2) is 9.78 Å². The Hall–Kier alpha value is -1.78. The van der Waals surface area contributed by atoms with Gasteiger partial charge in [0.25, 0.3) is 0 Å². The molecular weight excluding hydrogens is 266 g/mol. The summed E-state index contributed by atoms with van der Waals surface area (Å²) in [5.41, 5.74) is -0.105. The van der Waals surface area contributed by atoms with Crippen molar-refractivity contribution < 1.29 is 9.53 Å². The third-order valence-electron chi connectivity index (χ3n) is 4.08. The molecule has 0 atom stereocenters. The zero-order chi connectivity index (χ0) is 15.1. The van der Waals surface area contributed by atoms with Crippen molar-refractivity contribution in [2.45, 2.75) is 45.3 Å². The minimum atomic E-state index is -0.414. The maximum absolute atomic E-state index is 11.9. The third-order valence-corrected chi connectivity index (χ3v) is 4.08. The van der Waals surface area contributed by atoms with Crippen molar-refractivity contribution in [3.8, 4) is 0 Å². The molecule has 1 saturated heterocycles. The normalized spacial score (nSPS) is 20.6. The van der Waals surface area contributed by atoms with Crippen molar-refractivity contribution in [3.63, 3.8) is 0 Å². The number of nitrogens with one attached hydrogen (secondary N) is 1. The Morgan fingerprint density at radius 3 is 2.67 bits per heavy atom. The number of rotatable bonds is 2. The molecule has 1 spiro atoms. The van der Waals surface area contributed by atoms with Crippen molar-refractivity contribution >= 4 is 11.9 Å². The molecule has 0 aromatic carbocycles. The molecule has 1 aliphatic carbocycles. The first-order chi connectivity index (χ1) is 9.85. The van der Waals surface area contributed by atoms with Gasteiger partial charge < -0.3 is 15.0 Å². The lowest BCUT2D eigenvalue weighted by atomic mass is 9.61. The lowest BCUT2D eigenvalue weighted by Gasteiger charge is -2.58. The Balaban J connectivity index is 1.43. The molecule has 3 rings (SSSR count). The number of likely N-dealkylation sites (tertiary alicyclic amines) is 1. The molecule has 0 radical (unpaired) electrons. The summed E-state index contributed by atoms with van der Waals surface area (Å²) in [6, 6.07) is 6.36. The summed E-state index contributed by atoms with van der Waals surface area (Å²) in [6.45, 7) is 7.34. The molecule has 1 aromatic rings. The maximum atomic E-state index is 11.9. The summed E-state index contributed by atoms with van der Waals surface area (Å²) in [7, 11) is 0. The number of amides is 1. The predicted octanol–water partition coefficient (Wildman–Crippen LogP) is 2.89. The number of hydrogen-bond donors (Lipinski definition) is 1. The zero-order valence-electron chi connectivity index (χ0n) is 12.9. The van der Waals surface area contributed by atoms with E-state index in [0.29, 0.717) is 11.5 Å². The van der Waals surface area contributed by atoms with Crippen LogP contribution in [0.3, 0.4) is 0 Å². The summed E-state index contributed by atoms with van der Waals surface area (Å²) >= 11 is 0. The molecule has 0 bridgehead atoms. The van der Waals surface area contributed by atoms with Crippen LogP contribution < -0.4 is 5.32 Å². The van der Waals surface area contributed by atoms with Crippen molar-refractivity contribution in [2.24, 2.45) is 5.41 Å². The molecule has 0 unspecified atom stereocenters. The summed E-state index contributed by atoms with van der Waals surface area (Å²) in [5, 5.41) is 3.44. The Kier molecular flexibility index (Phi) is 3.30. The molecule has 2 aliphatic rings. The Morgan fingerprint density at radius 1 is 1.38 bits per heavy atom. The van der Waals surface area contributed by atoms with E-state index in [0.717, 1.165) is 31.7 Å². The first kappa shape index (κ1) is 14.2. The number of anilines is 1. The quantitative estimate of drug-likeness (QED) is 0.909. The highest BCUT2D eigenvalue weighted by Crippen LogP contribution is 2.49. The van der Waals surface area contributed by atoms with Crippen molar-refractivity contribution in [3.05, 3.63) is 24.4 Å². The van der Waals surface area contributed by atoms with Crippen LogP contribution in [0.2, 0.25) is 0 Å². The monoisotopic (exact) mass is 289 g/mol. The van der Waals surface area contributed by atoms with Gasteiger partial charge in [-0.05, 0) is 45.7 Å². The summed E-state index contributed by atoms with van der Waals surface area (Å²) in [6.07, 6.45) is 3.81. The molecular formula is C16H23N3O2. The second-order valence-electron chi connectivity index (χ2n) is 7.30. The molecule has 2 fully saturated rings. The van der Waals surface area contributed by atoms with Gasteiger partial charge in [0.05, 0.1) is 0 Å². The second kappa shape index (κ2) is 4.90. The molecule has 1 aliphatic heterocycles. The van der Waals surface area contributed by atoms with Gasteiger partial charge in [0.15, 0.2) is 0 Å². The van der Waals surface area contributed by atoms with Gasteiger partial charge in [0.1, 0.15) is 11.4 Å². The fraction of sp³-hybridized carbons (Fsp3) is 0.625. The highest BCUT2D eigenvalue weighted by Gasteiger charge is 2.54. The number of aromatic nitrogens is 1. The van der Waals surface area contributed by atoms with Crippen LogP contribution in [0.4, 0.5) is 10.6 Å². The van der Waals surface area contributed by atoms with E-state index in [-0.39, 0.29) is 6.09 Å². The predicted molar refractivity (Wildman–Crippen MR) is 81.1 cm³/mol. The molecule has 2 heterocycles.